The number of nitrogens with one attached hydrogen (secondary N) is 1. The number of anilines is 1. The third-order valence-corrected chi connectivity index (χ3v) is 4.06. The van der Waals surface area contributed by atoms with Gasteiger partial charge in [-0.15, -0.1) is 0 Å². The van der Waals surface area contributed by atoms with Gasteiger partial charge in [0.2, 0.25) is 0 Å². The van der Waals surface area contributed by atoms with Crippen molar-refractivity contribution in [2.24, 2.45) is 5.41 Å². The fourth-order valence-corrected chi connectivity index (χ4v) is 2.74. The van der Waals surface area contributed by atoms with Gasteiger partial charge >= 0.3 is 5.97 Å². The highest BCUT2D eigenvalue weighted by Crippen LogP contribution is 2.36. The van der Waals surface area contributed by atoms with Gasteiger partial charge in [0.1, 0.15) is 17.6 Å². The number of carboxylic acids is 1. The minimum absolute atomic E-state index is 0.122. The van der Waals surface area contributed by atoms with Crippen molar-refractivity contribution in [3.63, 3.8) is 0 Å². The topological polar surface area (TPSA) is 105 Å². The van der Waals surface area contributed by atoms with Crippen LogP contribution < -0.4 is 5.32 Å². The van der Waals surface area contributed by atoms with Crippen LogP contribution >= 0.6 is 0 Å². The van der Waals surface area contributed by atoms with E-state index in [1.165, 1.54) is 19.3 Å². The van der Waals surface area contributed by atoms with Crippen LogP contribution in [0.25, 0.3) is 0 Å². The summed E-state index contributed by atoms with van der Waals surface area (Å²) in [7, 11) is 0. The van der Waals surface area contributed by atoms with Gasteiger partial charge in [-0.1, -0.05) is 26.2 Å². The molecule has 1 heterocycles. The molecule has 2 rings (SSSR count). The second-order valence-corrected chi connectivity index (χ2v) is 5.88. The molecule has 2 N–H and O–H groups in total. The quantitative estimate of drug-likeness (QED) is 0.638. The molecule has 7 heteroatoms. The summed E-state index contributed by atoms with van der Waals surface area (Å²) < 4.78 is 0. The van der Waals surface area contributed by atoms with Gasteiger partial charge in [-0.2, -0.15) is 0 Å². The van der Waals surface area contributed by atoms with Crippen LogP contribution in [-0.4, -0.2) is 27.5 Å². The molecule has 0 radical (unpaired) electrons. The van der Waals surface area contributed by atoms with Crippen molar-refractivity contribution in [3.8, 4) is 0 Å². The second-order valence-electron chi connectivity index (χ2n) is 5.88. The fourth-order valence-electron chi connectivity index (χ4n) is 2.74. The highest BCUT2D eigenvalue weighted by Gasteiger charge is 2.27. The van der Waals surface area contributed by atoms with Crippen molar-refractivity contribution >= 4 is 17.5 Å². The Bertz CT molecular complexity index is 553. The van der Waals surface area contributed by atoms with Crippen LogP contribution in [-0.2, 0) is 0 Å². The van der Waals surface area contributed by atoms with Crippen molar-refractivity contribution in [1.82, 2.24) is 4.98 Å². The fraction of sp³-hybridized carbons (Fsp3) is 0.571. The van der Waals surface area contributed by atoms with Crippen molar-refractivity contribution in [3.05, 3.63) is 27.9 Å². The maximum Gasteiger partial charge on any atom is 0.339 e. The molecule has 1 aliphatic carbocycles. The summed E-state index contributed by atoms with van der Waals surface area (Å²) in [6.07, 6.45) is 6.86. The molecule has 1 aromatic rings. The Morgan fingerprint density at radius 1 is 1.48 bits per heavy atom. The van der Waals surface area contributed by atoms with E-state index in [0.29, 0.717) is 6.54 Å². The Morgan fingerprint density at radius 2 is 2.14 bits per heavy atom. The number of nitrogens with zero attached hydrogens (tertiary/aromatic N) is 2. The molecule has 0 aromatic carbocycles. The first-order valence-corrected chi connectivity index (χ1v) is 7.03. The number of aromatic carboxylic acids is 1. The average molecular weight is 293 g/mol. The zero-order valence-electron chi connectivity index (χ0n) is 12.0. The predicted molar refractivity (Wildman–Crippen MR) is 77.5 cm³/mol. The van der Waals surface area contributed by atoms with Crippen molar-refractivity contribution < 1.29 is 14.8 Å². The average Bonchev–Trinajstić information content (AvgIpc) is 2.45. The van der Waals surface area contributed by atoms with Crippen LogP contribution in [0, 0.1) is 15.5 Å². The summed E-state index contributed by atoms with van der Waals surface area (Å²) in [4.78, 5) is 25.2. The molecule has 0 unspecified atom stereocenters. The Hall–Kier alpha value is -2.18. The molecule has 0 bridgehead atoms. The minimum atomic E-state index is -1.22. The van der Waals surface area contributed by atoms with Gasteiger partial charge in [-0.3, -0.25) is 10.1 Å². The molecule has 7 nitrogen and oxygen atoms in total. The summed E-state index contributed by atoms with van der Waals surface area (Å²) in [6, 6.07) is 1.04. The summed E-state index contributed by atoms with van der Waals surface area (Å²) in [5.74, 6) is -1.03. The van der Waals surface area contributed by atoms with E-state index in [0.717, 1.165) is 25.1 Å². The first kappa shape index (κ1) is 15.2. The lowest BCUT2D eigenvalue weighted by Gasteiger charge is -2.33. The van der Waals surface area contributed by atoms with Gasteiger partial charge in [0.25, 0.3) is 5.69 Å². The lowest BCUT2D eigenvalue weighted by molar-refractivity contribution is -0.385. The molecule has 1 aliphatic rings. The van der Waals surface area contributed by atoms with Gasteiger partial charge in [-0.05, 0) is 18.3 Å². The van der Waals surface area contributed by atoms with E-state index in [4.69, 9.17) is 0 Å². The zero-order valence-corrected chi connectivity index (χ0v) is 12.0. The number of nitro groups is 1. The van der Waals surface area contributed by atoms with Gasteiger partial charge in [0.15, 0.2) is 0 Å². The van der Waals surface area contributed by atoms with Crippen LogP contribution in [0.1, 0.15) is 49.4 Å². The summed E-state index contributed by atoms with van der Waals surface area (Å²) >= 11 is 0. The van der Waals surface area contributed by atoms with E-state index in [1.807, 2.05) is 0 Å². The Kier molecular flexibility index (Phi) is 4.40. The summed E-state index contributed by atoms with van der Waals surface area (Å²) in [5, 5.41) is 22.9. The maximum absolute atomic E-state index is 11.2. The van der Waals surface area contributed by atoms with Crippen molar-refractivity contribution in [2.45, 2.75) is 39.0 Å². The Balaban J connectivity index is 2.15. The zero-order chi connectivity index (χ0) is 15.5. The van der Waals surface area contributed by atoms with Crippen LogP contribution in [0.5, 0.6) is 0 Å². The Labute approximate surface area is 122 Å². The highest BCUT2D eigenvalue weighted by molar-refractivity contribution is 5.93. The third kappa shape index (κ3) is 3.68. The molecular weight excluding hydrogens is 274 g/mol. The largest absolute Gasteiger partial charge is 0.478 e. The smallest absolute Gasteiger partial charge is 0.339 e. The first-order valence-electron chi connectivity index (χ1n) is 7.03. The predicted octanol–water partition coefficient (Wildman–Crippen LogP) is 3.07. The number of pyridine rings is 1. The normalized spacial score (nSPS) is 17.2. The van der Waals surface area contributed by atoms with Crippen LogP contribution in [0.15, 0.2) is 12.3 Å². The first-order chi connectivity index (χ1) is 9.91. The van der Waals surface area contributed by atoms with E-state index in [2.05, 4.69) is 17.2 Å². The van der Waals surface area contributed by atoms with E-state index in [9.17, 15) is 20.0 Å². The van der Waals surface area contributed by atoms with E-state index in [-0.39, 0.29) is 22.5 Å². The van der Waals surface area contributed by atoms with Gasteiger partial charge in [-0.25, -0.2) is 9.78 Å². The number of hydrogen-bond acceptors (Lipinski definition) is 5. The van der Waals surface area contributed by atoms with Crippen LogP contribution in [0.4, 0.5) is 11.5 Å². The molecule has 1 fully saturated rings. The summed E-state index contributed by atoms with van der Waals surface area (Å²) in [5.41, 5.74) is -0.359. The second kappa shape index (κ2) is 6.07. The van der Waals surface area contributed by atoms with Gasteiger partial charge < -0.3 is 10.4 Å². The molecule has 0 spiro atoms. The molecule has 0 atom stereocenters. The van der Waals surface area contributed by atoms with Gasteiger partial charge in [0, 0.05) is 12.6 Å². The Morgan fingerprint density at radius 3 is 2.71 bits per heavy atom. The number of hydrogen-bond donors (Lipinski definition) is 2. The lowest BCUT2D eigenvalue weighted by atomic mass is 9.76. The molecule has 0 aliphatic heterocycles. The number of aromatic nitrogens is 1. The molecule has 21 heavy (non-hydrogen) atoms. The molecule has 1 saturated carbocycles. The van der Waals surface area contributed by atoms with Crippen molar-refractivity contribution in [1.29, 1.82) is 0 Å². The molecule has 0 saturated heterocycles. The summed E-state index contributed by atoms with van der Waals surface area (Å²) in [6.45, 7) is 2.79. The molecule has 0 amide bonds. The maximum atomic E-state index is 11.2. The molecular formula is C14H19N3O4. The van der Waals surface area contributed by atoms with Crippen LogP contribution in [0.3, 0.4) is 0 Å². The van der Waals surface area contributed by atoms with E-state index in [1.54, 1.807) is 0 Å². The third-order valence-electron chi connectivity index (χ3n) is 4.06. The molecule has 114 valence electrons. The van der Waals surface area contributed by atoms with Crippen LogP contribution in [0.2, 0.25) is 0 Å². The number of carbonyl (C=O) groups is 1. The lowest BCUT2D eigenvalue weighted by Crippen LogP contribution is -2.29. The van der Waals surface area contributed by atoms with E-state index < -0.39 is 10.9 Å². The molecule has 1 aromatic heterocycles. The van der Waals surface area contributed by atoms with Gasteiger partial charge in [0.05, 0.1) is 4.92 Å². The minimum Gasteiger partial charge on any atom is -0.478 e. The van der Waals surface area contributed by atoms with E-state index >= 15 is 0 Å². The monoisotopic (exact) mass is 293 g/mol. The standard InChI is InChI=1S/C14H19N3O4/c1-14(5-3-2-4-6-14)9-16-12-11(13(18)19)7-10(8-15-12)17(20)21/h7-8H,2-6,9H2,1H3,(H,15,16)(H,18,19). The van der Waals surface area contributed by atoms with Crippen molar-refractivity contribution in [2.75, 3.05) is 11.9 Å². The number of carboxylic acid groups (broad SMARTS) is 1. The SMILES string of the molecule is CC1(CNc2ncc([N+](=O)[O-])cc2C(=O)O)CCCCC1. The number of rotatable bonds is 5. The highest BCUT2D eigenvalue weighted by atomic mass is 16.6.